The standard InChI is InChI=1S/C24H27ClN4O5/c1-32-19-12-28(13-19)21-11-26-20(23(30)27-10-15-2-4-16(25)5-3-15)9-22(21)34-18-6-7-29-17(8-18)14-33-24(29)31/h2-5,9,11,17-19H,6-8,10,12-14H2,1H3,(H,27,30)/t17-,18-/m0/s1. The van der Waals surface area contributed by atoms with Crippen LogP contribution in [0.15, 0.2) is 36.5 Å². The SMILES string of the molecule is COC1CN(c2cnc(C(=O)NCc3ccc(Cl)cc3)cc2O[C@H]2CCN3C(=O)OC[C@@H]3C2)C1. The highest BCUT2D eigenvalue weighted by Crippen LogP contribution is 2.35. The zero-order chi connectivity index (χ0) is 23.7. The van der Waals surface area contributed by atoms with Crippen LogP contribution in [0.1, 0.15) is 28.9 Å². The number of ether oxygens (including phenoxy) is 3. The normalized spacial score (nSPS) is 22.1. The minimum absolute atomic E-state index is 0.0283. The lowest BCUT2D eigenvalue weighted by molar-refractivity contribution is 0.0760. The average Bonchev–Trinajstić information content (AvgIpc) is 3.18. The summed E-state index contributed by atoms with van der Waals surface area (Å²) in [4.78, 5) is 32.9. The number of benzene rings is 1. The van der Waals surface area contributed by atoms with Crippen molar-refractivity contribution < 1.29 is 23.8 Å². The number of cyclic esters (lactones) is 1. The van der Waals surface area contributed by atoms with Gasteiger partial charge in [-0.15, -0.1) is 0 Å². The lowest BCUT2D eigenvalue weighted by Crippen LogP contribution is -2.52. The lowest BCUT2D eigenvalue weighted by atomic mass is 10.0. The number of anilines is 1. The summed E-state index contributed by atoms with van der Waals surface area (Å²) >= 11 is 5.93. The molecule has 0 bridgehead atoms. The Hall–Kier alpha value is -3.04. The molecule has 1 aromatic heterocycles. The first-order valence-electron chi connectivity index (χ1n) is 11.4. The molecular formula is C24H27ClN4O5. The number of nitrogens with one attached hydrogen (secondary N) is 1. The fourth-order valence-electron chi connectivity index (χ4n) is 4.49. The second-order valence-electron chi connectivity index (χ2n) is 8.80. The molecule has 34 heavy (non-hydrogen) atoms. The first-order chi connectivity index (χ1) is 16.5. The maximum absolute atomic E-state index is 12.8. The number of aromatic nitrogens is 1. The minimum atomic E-state index is -0.283. The number of rotatable bonds is 7. The topological polar surface area (TPSA) is 93.2 Å². The van der Waals surface area contributed by atoms with Crippen LogP contribution in [0.4, 0.5) is 10.5 Å². The summed E-state index contributed by atoms with van der Waals surface area (Å²) < 4.78 is 17.0. The number of amides is 2. The molecule has 2 atom stereocenters. The summed E-state index contributed by atoms with van der Waals surface area (Å²) in [6, 6.07) is 9.05. The molecule has 3 aliphatic rings. The van der Waals surface area contributed by atoms with Gasteiger partial charge >= 0.3 is 6.09 Å². The third-order valence-corrected chi connectivity index (χ3v) is 6.81. The quantitative estimate of drug-likeness (QED) is 0.643. The monoisotopic (exact) mass is 486 g/mol. The van der Waals surface area contributed by atoms with Gasteiger partial charge in [0.25, 0.3) is 5.91 Å². The maximum Gasteiger partial charge on any atom is 0.410 e. The number of hydrogen-bond donors (Lipinski definition) is 1. The van der Waals surface area contributed by atoms with Gasteiger partial charge in [0.2, 0.25) is 0 Å². The first kappa shape index (κ1) is 22.7. The molecule has 1 N–H and O–H groups in total. The number of carbonyl (C=O) groups excluding carboxylic acids is 2. The minimum Gasteiger partial charge on any atom is -0.488 e. The summed E-state index contributed by atoms with van der Waals surface area (Å²) in [5.74, 6) is 0.333. The third-order valence-electron chi connectivity index (χ3n) is 6.56. The van der Waals surface area contributed by atoms with Gasteiger partial charge < -0.3 is 29.3 Å². The molecule has 0 aliphatic carbocycles. The van der Waals surface area contributed by atoms with Gasteiger partial charge in [-0.2, -0.15) is 0 Å². The number of halogens is 1. The average molecular weight is 487 g/mol. The van der Waals surface area contributed by atoms with Crippen molar-refractivity contribution in [1.29, 1.82) is 0 Å². The predicted molar refractivity (Wildman–Crippen MR) is 125 cm³/mol. The smallest absolute Gasteiger partial charge is 0.410 e. The third kappa shape index (κ3) is 4.76. The second-order valence-corrected chi connectivity index (χ2v) is 9.23. The lowest BCUT2D eigenvalue weighted by Gasteiger charge is -2.41. The van der Waals surface area contributed by atoms with Crippen LogP contribution in [0.5, 0.6) is 5.75 Å². The molecule has 180 valence electrons. The highest BCUT2D eigenvalue weighted by Gasteiger charge is 2.39. The van der Waals surface area contributed by atoms with Crippen molar-refractivity contribution in [2.45, 2.75) is 37.6 Å². The van der Waals surface area contributed by atoms with Gasteiger partial charge in [0.1, 0.15) is 24.2 Å². The Labute approximate surface area is 202 Å². The van der Waals surface area contributed by atoms with E-state index in [9.17, 15) is 9.59 Å². The Kier molecular flexibility index (Phi) is 6.47. The molecule has 2 aromatic rings. The van der Waals surface area contributed by atoms with Crippen molar-refractivity contribution in [3.8, 4) is 5.75 Å². The Morgan fingerprint density at radius 2 is 2.06 bits per heavy atom. The van der Waals surface area contributed by atoms with E-state index in [0.29, 0.717) is 43.3 Å². The van der Waals surface area contributed by atoms with Gasteiger partial charge in [-0.1, -0.05) is 23.7 Å². The molecule has 3 fully saturated rings. The van der Waals surface area contributed by atoms with Gasteiger partial charge in [-0.25, -0.2) is 9.78 Å². The van der Waals surface area contributed by atoms with E-state index in [1.807, 2.05) is 12.1 Å². The predicted octanol–water partition coefficient (Wildman–Crippen LogP) is 2.86. The van der Waals surface area contributed by atoms with E-state index < -0.39 is 0 Å². The molecule has 4 heterocycles. The molecule has 10 heteroatoms. The van der Waals surface area contributed by atoms with Gasteiger partial charge in [-0.05, 0) is 17.7 Å². The molecule has 3 aliphatic heterocycles. The summed E-state index contributed by atoms with van der Waals surface area (Å²) in [7, 11) is 1.70. The van der Waals surface area contributed by atoms with Crippen molar-refractivity contribution in [3.05, 3.63) is 52.8 Å². The number of hydrogen-bond acceptors (Lipinski definition) is 7. The van der Waals surface area contributed by atoms with Crippen LogP contribution < -0.4 is 15.0 Å². The van der Waals surface area contributed by atoms with Crippen molar-refractivity contribution >= 4 is 29.3 Å². The number of fused-ring (bicyclic) bond motifs is 1. The van der Waals surface area contributed by atoms with Crippen LogP contribution >= 0.6 is 11.6 Å². The molecule has 9 nitrogen and oxygen atoms in total. The van der Waals surface area contributed by atoms with Crippen molar-refractivity contribution in [3.63, 3.8) is 0 Å². The van der Waals surface area contributed by atoms with Crippen molar-refractivity contribution in [2.75, 3.05) is 38.3 Å². The first-order valence-corrected chi connectivity index (χ1v) is 11.8. The van der Waals surface area contributed by atoms with E-state index in [4.69, 9.17) is 25.8 Å². The molecule has 5 rings (SSSR count). The Morgan fingerprint density at radius 3 is 2.82 bits per heavy atom. The van der Waals surface area contributed by atoms with E-state index in [1.54, 1.807) is 36.4 Å². The molecule has 3 saturated heterocycles. The summed E-state index contributed by atoms with van der Waals surface area (Å²) in [6.45, 7) is 2.83. The van der Waals surface area contributed by atoms with Crippen molar-refractivity contribution in [2.24, 2.45) is 0 Å². The van der Waals surface area contributed by atoms with Crippen LogP contribution in [0.25, 0.3) is 0 Å². The van der Waals surface area contributed by atoms with Gasteiger partial charge in [0.15, 0.2) is 0 Å². The fourth-order valence-corrected chi connectivity index (χ4v) is 4.62. The molecule has 0 saturated carbocycles. The second kappa shape index (κ2) is 9.68. The van der Waals surface area contributed by atoms with Crippen LogP contribution in [-0.2, 0) is 16.0 Å². The Balaban J connectivity index is 1.30. The van der Waals surface area contributed by atoms with Crippen LogP contribution in [0.2, 0.25) is 5.02 Å². The van der Waals surface area contributed by atoms with E-state index in [-0.39, 0.29) is 35.9 Å². The molecule has 0 unspecified atom stereocenters. The largest absolute Gasteiger partial charge is 0.488 e. The van der Waals surface area contributed by atoms with Crippen LogP contribution in [0.3, 0.4) is 0 Å². The van der Waals surface area contributed by atoms with E-state index in [0.717, 1.165) is 24.3 Å². The van der Waals surface area contributed by atoms with Gasteiger partial charge in [0, 0.05) is 57.2 Å². The zero-order valence-electron chi connectivity index (χ0n) is 18.9. The van der Waals surface area contributed by atoms with E-state index >= 15 is 0 Å². The molecular weight excluding hydrogens is 460 g/mol. The zero-order valence-corrected chi connectivity index (χ0v) is 19.7. The van der Waals surface area contributed by atoms with E-state index in [1.165, 1.54) is 0 Å². The summed E-state index contributed by atoms with van der Waals surface area (Å²) in [5.41, 5.74) is 2.06. The molecule has 0 spiro atoms. The van der Waals surface area contributed by atoms with Crippen molar-refractivity contribution in [1.82, 2.24) is 15.2 Å². The summed E-state index contributed by atoms with van der Waals surface area (Å²) in [5, 5.41) is 3.55. The summed E-state index contributed by atoms with van der Waals surface area (Å²) in [6.07, 6.45) is 2.91. The number of carbonyl (C=O) groups is 2. The maximum atomic E-state index is 12.8. The molecule has 0 radical (unpaired) electrons. The Bertz CT molecular complexity index is 1060. The van der Waals surface area contributed by atoms with Gasteiger partial charge in [-0.3, -0.25) is 4.79 Å². The number of piperidine rings is 1. The fraction of sp³-hybridized carbons (Fsp3) is 0.458. The van der Waals surface area contributed by atoms with Gasteiger partial charge in [0.05, 0.1) is 24.0 Å². The molecule has 2 amide bonds. The number of pyridine rings is 1. The van der Waals surface area contributed by atoms with Crippen LogP contribution in [-0.4, -0.2) is 73.5 Å². The number of methoxy groups -OCH3 is 1. The van der Waals surface area contributed by atoms with Crippen LogP contribution in [0, 0.1) is 0 Å². The highest BCUT2D eigenvalue weighted by atomic mass is 35.5. The molecule has 1 aromatic carbocycles. The number of nitrogens with zero attached hydrogens (tertiary/aromatic N) is 3. The van der Waals surface area contributed by atoms with E-state index in [2.05, 4.69) is 15.2 Å². The highest BCUT2D eigenvalue weighted by molar-refractivity contribution is 6.30. The Morgan fingerprint density at radius 1 is 1.26 bits per heavy atom.